The molecule has 0 N–H and O–H groups in total. The van der Waals surface area contributed by atoms with Crippen LogP contribution in [0, 0.1) is 27.7 Å². The second-order valence-electron chi connectivity index (χ2n) is 37.2. The lowest BCUT2D eigenvalue weighted by molar-refractivity contribution is 0.487. The van der Waals surface area contributed by atoms with E-state index < -0.39 is 0 Å². The molecule has 0 aliphatic carbocycles. The molecule has 23 aromatic carbocycles. The molecule has 26 aromatic rings. The van der Waals surface area contributed by atoms with E-state index in [2.05, 4.69) is 468 Å². The zero-order chi connectivity index (χ0) is 92.2. The summed E-state index contributed by atoms with van der Waals surface area (Å²) in [4.78, 5) is 4.57. The average molecular weight is 1780 g/mol. The van der Waals surface area contributed by atoms with Gasteiger partial charge in [-0.15, -0.1) is 0 Å². The quantitative estimate of drug-likeness (QED) is 0.0794. The number of hydrogen-bond donors (Lipinski definition) is 0. The molecule has 139 heavy (non-hydrogen) atoms. The molecule has 7 nitrogen and oxygen atoms in total. The maximum atomic E-state index is 7.15. The summed E-state index contributed by atoms with van der Waals surface area (Å²) in [5.74, 6) is 3.33. The van der Waals surface area contributed by atoms with Crippen molar-refractivity contribution in [2.75, 3.05) is 9.80 Å². The van der Waals surface area contributed by atoms with E-state index in [1.807, 2.05) is 18.2 Å². The topological polar surface area (TPSA) is 64.4 Å². The van der Waals surface area contributed by atoms with Crippen LogP contribution in [0.25, 0.3) is 175 Å². The summed E-state index contributed by atoms with van der Waals surface area (Å²) in [6, 6.07) is 161. The molecule has 5 heterocycles. The first-order valence-electron chi connectivity index (χ1n) is 47.9. The van der Waals surface area contributed by atoms with Gasteiger partial charge >= 0.3 is 0 Å². The van der Waals surface area contributed by atoms with Crippen LogP contribution in [0.2, 0.25) is 0 Å². The van der Waals surface area contributed by atoms with E-state index in [0.29, 0.717) is 0 Å². The third kappa shape index (κ3) is 13.1. The van der Waals surface area contributed by atoms with E-state index in [9.17, 15) is 0 Å². The number of ether oxygens (including phenoxy) is 2. The minimum atomic E-state index is -0.153. The molecule has 652 valence electrons. The average Bonchev–Trinajstić information content (AvgIpc) is 1.61. The Morgan fingerprint density at radius 3 is 1.12 bits per heavy atom. The van der Waals surface area contributed by atoms with Crippen LogP contribution in [0.4, 0.5) is 34.1 Å². The highest BCUT2D eigenvalue weighted by atomic mass is 16.5. The molecular weight excluding hydrogens is 1690 g/mol. The van der Waals surface area contributed by atoms with Crippen LogP contribution < -0.4 is 52.1 Å². The number of anilines is 6. The normalized spacial score (nSPS) is 12.0. The molecule has 3 aromatic heterocycles. The first-order chi connectivity index (χ1) is 68.6. The number of nitrogens with zero attached hydrogens (tertiary/aromatic N) is 2. The summed E-state index contributed by atoms with van der Waals surface area (Å²) < 4.78 is 34.7. The van der Waals surface area contributed by atoms with Gasteiger partial charge in [0.25, 0.3) is 0 Å². The minimum absolute atomic E-state index is 0.0491. The molecule has 0 unspecified atom stereocenters. The van der Waals surface area contributed by atoms with Gasteiger partial charge in [-0.1, -0.05) is 383 Å². The number of para-hydroxylation sites is 7. The van der Waals surface area contributed by atoms with E-state index in [-0.39, 0.29) is 13.4 Å². The fraction of sp³-hybridized carbons (Fsp3) is 0.0308. The van der Waals surface area contributed by atoms with E-state index in [1.165, 1.54) is 104 Å². The smallest absolute Gasteiger partial charge is 0.246 e. The van der Waals surface area contributed by atoms with Gasteiger partial charge in [0.1, 0.15) is 50.9 Å². The van der Waals surface area contributed by atoms with Crippen LogP contribution >= 0.6 is 0 Å². The van der Waals surface area contributed by atoms with Gasteiger partial charge in [0, 0.05) is 106 Å². The molecule has 0 radical (unpaired) electrons. The van der Waals surface area contributed by atoms with Crippen LogP contribution in [0.3, 0.4) is 0 Å². The Kier molecular flexibility index (Phi) is 19.0. The fourth-order valence-electron chi connectivity index (χ4n) is 23.1. The molecular formula is C130H86B2N2O5. The Morgan fingerprint density at radius 2 is 0.576 bits per heavy atom. The summed E-state index contributed by atoms with van der Waals surface area (Å²) in [7, 11) is 0. The highest BCUT2D eigenvalue weighted by Gasteiger charge is 2.36. The molecule has 2 aliphatic heterocycles. The molecule has 0 fully saturated rings. The Hall–Kier alpha value is -17.7. The van der Waals surface area contributed by atoms with E-state index in [4.69, 9.17) is 22.7 Å². The molecule has 9 heteroatoms. The summed E-state index contributed by atoms with van der Waals surface area (Å²) in [6.45, 7) is 8.97. The predicted molar refractivity (Wildman–Crippen MR) is 585 cm³/mol. The van der Waals surface area contributed by atoms with Crippen LogP contribution in [-0.4, -0.2) is 13.4 Å². The minimum Gasteiger partial charge on any atom is -0.456 e. The molecule has 28 rings (SSSR count). The number of rotatable bonds is 14. The summed E-state index contributed by atoms with van der Waals surface area (Å²) in [5.41, 5.74) is 32.9. The van der Waals surface area contributed by atoms with Gasteiger partial charge in [-0.05, 0) is 206 Å². The zero-order valence-electron chi connectivity index (χ0n) is 76.8. The first kappa shape index (κ1) is 81.0. The summed E-state index contributed by atoms with van der Waals surface area (Å²) >= 11 is 0. The highest BCUT2D eigenvalue weighted by molar-refractivity contribution is 6.99. The molecule has 0 amide bonds. The van der Waals surface area contributed by atoms with Gasteiger partial charge in [0.15, 0.2) is 5.58 Å². The Labute approximate surface area is 804 Å². The molecule has 0 saturated heterocycles. The van der Waals surface area contributed by atoms with Crippen molar-refractivity contribution >= 4 is 211 Å². The van der Waals surface area contributed by atoms with Crippen molar-refractivity contribution in [3.8, 4) is 67.5 Å². The lowest BCUT2D eigenvalue weighted by Gasteiger charge is -2.28. The van der Waals surface area contributed by atoms with Gasteiger partial charge in [0.2, 0.25) is 13.4 Å². The summed E-state index contributed by atoms with van der Waals surface area (Å²) in [5, 5.41) is 21.0. The molecule has 2 aliphatic rings. The monoisotopic (exact) mass is 1780 g/mol. The van der Waals surface area contributed by atoms with Crippen molar-refractivity contribution in [3.05, 3.63) is 471 Å². The standard InChI is InChI=1S/C72H44BNO3.C58H42BNO2/c1-5-20-45(21-6-1)50-30-15-33-56-58-35-17-37-63(71(58)76-69(50)56)73(47-24-9-3-10-25-47)64-44-61-55-32-19-39-66-68(55)62(43-60(61)52-28-13-14-29-53(52)64)54-41-40-49(42-67(54)75-66)74(48-26-11-4-12-27-48)65-38-18-36-59-57-34-16-31-51(70(57)77-72(59)65)46-22-7-2-8-23-46;1-35-15-12-16-36(2)57(35)59(58-37(3)17-13-18-38(58)4)51-34-49-47-24-14-26-53-56(47)50(33-48(49)42-21-8-9-22-43(42)51)46-30-28-41(32-55(46)62-53)60(39-19-6-5-7-20-39)40-27-29-45-44-23-10-11-25-52(44)61-54(45)31-40/h1-44H;5-34H,1-4H3. The van der Waals surface area contributed by atoms with Gasteiger partial charge in [0.05, 0.1) is 11.4 Å². The third-order valence-electron chi connectivity index (χ3n) is 29.3. The second kappa shape index (κ2) is 32.6. The maximum absolute atomic E-state index is 7.15. The van der Waals surface area contributed by atoms with E-state index in [1.54, 1.807) is 0 Å². The van der Waals surface area contributed by atoms with Gasteiger partial charge in [-0.2, -0.15) is 0 Å². The Morgan fingerprint density at radius 1 is 0.194 bits per heavy atom. The largest absolute Gasteiger partial charge is 0.456 e. The second-order valence-corrected chi connectivity index (χ2v) is 37.2. The predicted octanol–water partition coefficient (Wildman–Crippen LogP) is 32.1. The highest BCUT2D eigenvalue weighted by Crippen LogP contribution is 2.56. The van der Waals surface area contributed by atoms with E-state index >= 15 is 0 Å². The first-order valence-corrected chi connectivity index (χ1v) is 47.9. The van der Waals surface area contributed by atoms with Gasteiger partial charge in [-0.3, -0.25) is 0 Å². The van der Waals surface area contributed by atoms with Gasteiger partial charge < -0.3 is 32.5 Å². The van der Waals surface area contributed by atoms with Crippen molar-refractivity contribution in [1.82, 2.24) is 0 Å². The van der Waals surface area contributed by atoms with Crippen molar-refractivity contribution in [2.45, 2.75) is 27.7 Å². The van der Waals surface area contributed by atoms with Crippen molar-refractivity contribution in [2.24, 2.45) is 0 Å². The number of furan rings is 3. The van der Waals surface area contributed by atoms with Crippen molar-refractivity contribution in [1.29, 1.82) is 0 Å². The van der Waals surface area contributed by atoms with Crippen LogP contribution in [0.15, 0.2) is 462 Å². The zero-order valence-corrected chi connectivity index (χ0v) is 76.8. The third-order valence-corrected chi connectivity index (χ3v) is 29.3. The van der Waals surface area contributed by atoms with Crippen LogP contribution in [-0.2, 0) is 0 Å². The van der Waals surface area contributed by atoms with Gasteiger partial charge in [-0.25, -0.2) is 0 Å². The van der Waals surface area contributed by atoms with Crippen molar-refractivity contribution in [3.63, 3.8) is 0 Å². The summed E-state index contributed by atoms with van der Waals surface area (Å²) in [6.07, 6.45) is 0. The Balaban J connectivity index is 0.000000143. The molecule has 0 atom stereocenters. The molecule has 0 saturated carbocycles. The number of fused-ring (bicyclic) bond motifs is 21. The molecule has 0 spiro atoms. The fourth-order valence-corrected chi connectivity index (χ4v) is 23.1. The van der Waals surface area contributed by atoms with Crippen molar-refractivity contribution < 1.29 is 22.7 Å². The van der Waals surface area contributed by atoms with E-state index in [0.717, 1.165) is 184 Å². The Bertz CT molecular complexity index is 9450. The number of benzene rings is 23. The number of hydrogen-bond acceptors (Lipinski definition) is 7. The van der Waals surface area contributed by atoms with Crippen LogP contribution in [0.1, 0.15) is 22.3 Å². The molecule has 0 bridgehead atoms. The van der Waals surface area contributed by atoms with Crippen LogP contribution in [0.5, 0.6) is 23.0 Å². The lowest BCUT2D eigenvalue weighted by Crippen LogP contribution is -2.56. The number of aryl methyl sites for hydroxylation is 4. The lowest BCUT2D eigenvalue weighted by atomic mass is 9.33. The maximum Gasteiger partial charge on any atom is 0.246 e. The SMILES string of the molecule is Cc1cccc(C)c1B(c1c(C)cccc1C)c1cc2c3cccc4c3c(cc2c2ccccc12)-c1ccc(N(c2ccccc2)c2ccc3c(c2)oc2ccccc23)cc1O4.c1ccc(B(c2cc3c4cccc5c4c(cc3c3ccccc23)-c2ccc(N(c3ccccc3)c3cccc4c3oc3c(-c6ccccc6)cccc34)cc2O5)c2cccc3c2oc2c(-c4ccccc4)cccc23)cc1.